The topological polar surface area (TPSA) is 15.3 Å². The van der Waals surface area contributed by atoms with Crippen molar-refractivity contribution in [3.05, 3.63) is 35.4 Å². The quantitative estimate of drug-likeness (QED) is 0.767. The highest BCUT2D eigenvalue weighted by molar-refractivity contribution is 5.41. The Labute approximate surface area is 97.6 Å². The first kappa shape index (κ1) is 10.3. The fraction of sp³-hybridized carbons (Fsp3) is 0.571. The standard InChI is InChI=1S/C14H20N2/c1-15-14-7-8-16(2)10-12(14)9-11-5-3-4-6-13(11)14/h3-6,12,15H,7-10H2,1-2H3. The molecule has 2 unspecified atom stereocenters. The van der Waals surface area contributed by atoms with Crippen LogP contribution in [0.4, 0.5) is 0 Å². The summed E-state index contributed by atoms with van der Waals surface area (Å²) in [6, 6.07) is 8.96. The molecule has 1 aromatic rings. The molecule has 0 spiro atoms. The molecule has 1 aliphatic carbocycles. The number of likely N-dealkylation sites (tertiary alicyclic amines) is 1. The number of benzene rings is 1. The largest absolute Gasteiger partial charge is 0.310 e. The monoisotopic (exact) mass is 216 g/mol. The lowest BCUT2D eigenvalue weighted by molar-refractivity contribution is 0.103. The average Bonchev–Trinajstić information content (AvgIpc) is 2.63. The lowest BCUT2D eigenvalue weighted by Gasteiger charge is -2.43. The summed E-state index contributed by atoms with van der Waals surface area (Å²) in [5, 5.41) is 3.63. The van der Waals surface area contributed by atoms with Gasteiger partial charge in [0.25, 0.3) is 0 Å². The van der Waals surface area contributed by atoms with Crippen LogP contribution >= 0.6 is 0 Å². The third kappa shape index (κ3) is 1.26. The Balaban J connectivity index is 2.06. The van der Waals surface area contributed by atoms with Gasteiger partial charge in [0, 0.05) is 12.1 Å². The van der Waals surface area contributed by atoms with Crippen LogP contribution in [0.5, 0.6) is 0 Å². The Bertz CT molecular complexity index is 401. The molecule has 2 nitrogen and oxygen atoms in total. The van der Waals surface area contributed by atoms with Crippen LogP contribution in [0.1, 0.15) is 17.5 Å². The maximum atomic E-state index is 3.63. The summed E-state index contributed by atoms with van der Waals surface area (Å²) in [7, 11) is 4.36. The highest BCUT2D eigenvalue weighted by Crippen LogP contribution is 2.45. The summed E-state index contributed by atoms with van der Waals surface area (Å²) in [5.74, 6) is 0.744. The zero-order chi connectivity index (χ0) is 11.2. The maximum absolute atomic E-state index is 3.63. The minimum Gasteiger partial charge on any atom is -0.310 e. The van der Waals surface area contributed by atoms with E-state index in [1.807, 2.05) is 0 Å². The zero-order valence-electron chi connectivity index (χ0n) is 10.2. The second-order valence-electron chi connectivity index (χ2n) is 5.29. The number of nitrogens with zero attached hydrogens (tertiary/aromatic N) is 1. The Hall–Kier alpha value is -0.860. The van der Waals surface area contributed by atoms with Gasteiger partial charge in [0.15, 0.2) is 0 Å². The van der Waals surface area contributed by atoms with Crippen LogP contribution in [-0.2, 0) is 12.0 Å². The minimum absolute atomic E-state index is 0.253. The Kier molecular flexibility index (Phi) is 2.30. The van der Waals surface area contributed by atoms with Gasteiger partial charge in [-0.15, -0.1) is 0 Å². The molecule has 0 aromatic heterocycles. The van der Waals surface area contributed by atoms with Crippen LogP contribution in [0.25, 0.3) is 0 Å². The first-order valence-corrected chi connectivity index (χ1v) is 6.22. The third-order valence-corrected chi connectivity index (χ3v) is 4.53. The molecule has 0 amide bonds. The second kappa shape index (κ2) is 3.57. The third-order valence-electron chi connectivity index (χ3n) is 4.53. The lowest BCUT2D eigenvalue weighted by atomic mass is 9.78. The van der Waals surface area contributed by atoms with Crippen LogP contribution in [0.2, 0.25) is 0 Å². The Morgan fingerprint density at radius 3 is 3.00 bits per heavy atom. The van der Waals surface area contributed by atoms with Gasteiger partial charge in [0.2, 0.25) is 0 Å². The van der Waals surface area contributed by atoms with E-state index in [0.717, 1.165) is 5.92 Å². The van der Waals surface area contributed by atoms with E-state index in [1.165, 1.54) is 25.9 Å². The van der Waals surface area contributed by atoms with Crippen LogP contribution in [0.3, 0.4) is 0 Å². The number of piperidine rings is 1. The smallest absolute Gasteiger partial charge is 0.0491 e. The van der Waals surface area contributed by atoms with Crippen molar-refractivity contribution < 1.29 is 0 Å². The number of nitrogens with one attached hydrogen (secondary N) is 1. The molecule has 0 bridgehead atoms. The summed E-state index contributed by atoms with van der Waals surface area (Å²) < 4.78 is 0. The van der Waals surface area contributed by atoms with E-state index in [9.17, 15) is 0 Å². The van der Waals surface area contributed by atoms with Crippen molar-refractivity contribution >= 4 is 0 Å². The van der Waals surface area contributed by atoms with Gasteiger partial charge in [-0.05, 0) is 50.5 Å². The normalized spacial score (nSPS) is 33.5. The van der Waals surface area contributed by atoms with E-state index in [0.29, 0.717) is 0 Å². The maximum Gasteiger partial charge on any atom is 0.0491 e. The van der Waals surface area contributed by atoms with Gasteiger partial charge >= 0.3 is 0 Å². The fourth-order valence-corrected chi connectivity index (χ4v) is 3.65. The number of rotatable bonds is 1. The molecular formula is C14H20N2. The van der Waals surface area contributed by atoms with Crippen molar-refractivity contribution in [2.45, 2.75) is 18.4 Å². The van der Waals surface area contributed by atoms with E-state index in [-0.39, 0.29) is 5.54 Å². The van der Waals surface area contributed by atoms with Crippen molar-refractivity contribution in [3.8, 4) is 0 Å². The summed E-state index contributed by atoms with van der Waals surface area (Å²) in [6.07, 6.45) is 2.48. The number of fused-ring (bicyclic) bond motifs is 3. The van der Waals surface area contributed by atoms with Crippen LogP contribution in [-0.4, -0.2) is 32.1 Å². The molecule has 2 atom stereocenters. The highest BCUT2D eigenvalue weighted by atomic mass is 15.1. The lowest BCUT2D eigenvalue weighted by Crippen LogP contribution is -2.53. The van der Waals surface area contributed by atoms with Crippen molar-refractivity contribution in [2.24, 2.45) is 5.92 Å². The van der Waals surface area contributed by atoms with Gasteiger partial charge in [-0.2, -0.15) is 0 Å². The summed E-state index contributed by atoms with van der Waals surface area (Å²) in [6.45, 7) is 2.42. The Morgan fingerprint density at radius 2 is 2.19 bits per heavy atom. The predicted octanol–water partition coefficient (Wildman–Crippen LogP) is 1.61. The van der Waals surface area contributed by atoms with Crippen LogP contribution in [0.15, 0.2) is 24.3 Å². The summed E-state index contributed by atoms with van der Waals surface area (Å²) in [5.41, 5.74) is 3.36. The average molecular weight is 216 g/mol. The zero-order valence-corrected chi connectivity index (χ0v) is 10.2. The van der Waals surface area contributed by atoms with Gasteiger partial charge < -0.3 is 10.2 Å². The molecule has 1 saturated heterocycles. The second-order valence-corrected chi connectivity index (χ2v) is 5.29. The van der Waals surface area contributed by atoms with Gasteiger partial charge in [-0.1, -0.05) is 24.3 Å². The van der Waals surface area contributed by atoms with E-state index in [2.05, 4.69) is 48.6 Å². The first-order valence-electron chi connectivity index (χ1n) is 6.22. The highest BCUT2D eigenvalue weighted by Gasteiger charge is 2.47. The van der Waals surface area contributed by atoms with Gasteiger partial charge in [0.05, 0.1) is 0 Å². The molecule has 16 heavy (non-hydrogen) atoms. The van der Waals surface area contributed by atoms with E-state index < -0.39 is 0 Å². The van der Waals surface area contributed by atoms with Gasteiger partial charge in [-0.25, -0.2) is 0 Å². The molecule has 0 radical (unpaired) electrons. The molecule has 2 heteroatoms. The molecule has 1 heterocycles. The van der Waals surface area contributed by atoms with Crippen molar-refractivity contribution in [3.63, 3.8) is 0 Å². The SMILES string of the molecule is CNC12CCN(C)CC1Cc1ccccc12. The van der Waals surface area contributed by atoms with E-state index in [4.69, 9.17) is 0 Å². The van der Waals surface area contributed by atoms with Crippen molar-refractivity contribution in [1.29, 1.82) is 0 Å². The molecule has 2 aliphatic rings. The summed E-state index contributed by atoms with van der Waals surface area (Å²) in [4.78, 5) is 2.46. The molecule has 3 rings (SSSR count). The number of hydrogen-bond acceptors (Lipinski definition) is 2. The van der Waals surface area contributed by atoms with Crippen molar-refractivity contribution in [2.75, 3.05) is 27.2 Å². The number of hydrogen-bond donors (Lipinski definition) is 1. The molecular weight excluding hydrogens is 196 g/mol. The van der Waals surface area contributed by atoms with Gasteiger partial charge in [-0.3, -0.25) is 0 Å². The molecule has 1 N–H and O–H groups in total. The van der Waals surface area contributed by atoms with Crippen LogP contribution in [0, 0.1) is 5.92 Å². The summed E-state index contributed by atoms with van der Waals surface area (Å²) >= 11 is 0. The molecule has 86 valence electrons. The fourth-order valence-electron chi connectivity index (χ4n) is 3.65. The van der Waals surface area contributed by atoms with E-state index >= 15 is 0 Å². The van der Waals surface area contributed by atoms with Gasteiger partial charge in [0.1, 0.15) is 0 Å². The van der Waals surface area contributed by atoms with Crippen LogP contribution < -0.4 is 5.32 Å². The van der Waals surface area contributed by atoms with Crippen molar-refractivity contribution in [1.82, 2.24) is 10.2 Å². The minimum atomic E-state index is 0.253. The first-order chi connectivity index (χ1) is 7.76. The predicted molar refractivity (Wildman–Crippen MR) is 66.5 cm³/mol. The molecule has 0 saturated carbocycles. The Morgan fingerprint density at radius 1 is 1.38 bits per heavy atom. The molecule has 1 fully saturated rings. The molecule has 1 aromatic carbocycles. The molecule has 1 aliphatic heterocycles. The van der Waals surface area contributed by atoms with E-state index in [1.54, 1.807) is 11.1 Å².